The third-order valence-electron chi connectivity index (χ3n) is 4.61. The van der Waals surface area contributed by atoms with E-state index >= 15 is 0 Å². The first-order valence-corrected chi connectivity index (χ1v) is 10.5. The van der Waals surface area contributed by atoms with Crippen molar-refractivity contribution in [2.75, 3.05) is 20.0 Å². The molecule has 1 N–H and O–H groups in total. The SMILES string of the molecule is COc1ccc(CNC(=O)CSc2ncnc3c2cnn3-c2ccccc2)cc1OC. The number of para-hydroxylation sites is 1. The summed E-state index contributed by atoms with van der Waals surface area (Å²) in [5.41, 5.74) is 2.54. The fraction of sp³-hybridized carbons (Fsp3) is 0.182. The van der Waals surface area contributed by atoms with E-state index in [0.717, 1.165) is 16.6 Å². The highest BCUT2D eigenvalue weighted by atomic mass is 32.2. The van der Waals surface area contributed by atoms with E-state index < -0.39 is 0 Å². The van der Waals surface area contributed by atoms with Crippen LogP contribution in [-0.4, -0.2) is 45.6 Å². The van der Waals surface area contributed by atoms with Crippen LogP contribution in [0.4, 0.5) is 0 Å². The minimum absolute atomic E-state index is 0.0954. The van der Waals surface area contributed by atoms with Crippen LogP contribution in [-0.2, 0) is 11.3 Å². The Hall–Kier alpha value is -3.59. The van der Waals surface area contributed by atoms with Crippen LogP contribution in [0.3, 0.4) is 0 Å². The third kappa shape index (κ3) is 4.61. The molecule has 0 aliphatic carbocycles. The number of hydrogen-bond donors (Lipinski definition) is 1. The van der Waals surface area contributed by atoms with Crippen LogP contribution >= 0.6 is 11.8 Å². The number of fused-ring (bicyclic) bond motifs is 1. The van der Waals surface area contributed by atoms with Gasteiger partial charge >= 0.3 is 0 Å². The van der Waals surface area contributed by atoms with E-state index in [1.54, 1.807) is 25.1 Å². The van der Waals surface area contributed by atoms with Gasteiger partial charge in [0.1, 0.15) is 11.4 Å². The van der Waals surface area contributed by atoms with Gasteiger partial charge in [0.15, 0.2) is 17.1 Å². The monoisotopic (exact) mass is 435 g/mol. The van der Waals surface area contributed by atoms with Crippen LogP contribution in [0.5, 0.6) is 11.5 Å². The molecule has 2 aromatic carbocycles. The van der Waals surface area contributed by atoms with Gasteiger partial charge in [-0.1, -0.05) is 36.0 Å². The van der Waals surface area contributed by atoms with Crippen LogP contribution in [0.15, 0.2) is 66.1 Å². The summed E-state index contributed by atoms with van der Waals surface area (Å²) in [6, 6.07) is 15.3. The molecule has 31 heavy (non-hydrogen) atoms. The Morgan fingerprint density at radius 2 is 1.87 bits per heavy atom. The van der Waals surface area contributed by atoms with E-state index in [1.807, 2.05) is 48.5 Å². The number of nitrogens with zero attached hydrogens (tertiary/aromatic N) is 4. The summed E-state index contributed by atoms with van der Waals surface area (Å²) in [6.45, 7) is 0.394. The maximum Gasteiger partial charge on any atom is 0.230 e. The summed E-state index contributed by atoms with van der Waals surface area (Å²) in [5, 5.41) is 8.88. The molecule has 0 saturated carbocycles. The molecule has 0 aliphatic rings. The van der Waals surface area contributed by atoms with E-state index in [-0.39, 0.29) is 11.7 Å². The van der Waals surface area contributed by atoms with Gasteiger partial charge in [0, 0.05) is 6.54 Å². The average molecular weight is 436 g/mol. The zero-order chi connectivity index (χ0) is 21.6. The first-order chi connectivity index (χ1) is 15.2. The second-order valence-corrected chi connectivity index (χ2v) is 7.53. The molecule has 4 rings (SSSR count). The Kier molecular flexibility index (Phi) is 6.32. The fourth-order valence-corrected chi connectivity index (χ4v) is 3.86. The molecule has 9 heteroatoms. The van der Waals surface area contributed by atoms with Crippen molar-refractivity contribution >= 4 is 28.7 Å². The molecule has 8 nitrogen and oxygen atoms in total. The van der Waals surface area contributed by atoms with E-state index in [0.29, 0.717) is 28.7 Å². The molecule has 4 aromatic rings. The molecule has 0 spiro atoms. The number of aromatic nitrogens is 4. The van der Waals surface area contributed by atoms with Crippen LogP contribution in [0, 0.1) is 0 Å². The van der Waals surface area contributed by atoms with Gasteiger partial charge in [-0.3, -0.25) is 4.79 Å². The molecule has 0 atom stereocenters. The zero-order valence-corrected chi connectivity index (χ0v) is 17.9. The summed E-state index contributed by atoms with van der Waals surface area (Å²) in [5.74, 6) is 1.41. The lowest BCUT2D eigenvalue weighted by atomic mass is 10.2. The van der Waals surface area contributed by atoms with Gasteiger partial charge in [-0.15, -0.1) is 0 Å². The van der Waals surface area contributed by atoms with Gasteiger partial charge in [0.2, 0.25) is 5.91 Å². The fourth-order valence-electron chi connectivity index (χ4n) is 3.07. The van der Waals surface area contributed by atoms with Crippen molar-refractivity contribution in [3.63, 3.8) is 0 Å². The maximum atomic E-state index is 12.4. The number of thioether (sulfide) groups is 1. The van der Waals surface area contributed by atoms with Gasteiger partial charge < -0.3 is 14.8 Å². The second kappa shape index (κ2) is 9.48. The summed E-state index contributed by atoms with van der Waals surface area (Å²) in [4.78, 5) is 21.1. The minimum atomic E-state index is -0.0954. The van der Waals surface area contributed by atoms with Gasteiger partial charge in [-0.2, -0.15) is 5.10 Å². The Bertz CT molecular complexity index is 1200. The molecule has 0 saturated heterocycles. The Labute approximate surface area is 183 Å². The number of methoxy groups -OCH3 is 2. The molecule has 0 radical (unpaired) electrons. The Morgan fingerprint density at radius 3 is 2.65 bits per heavy atom. The number of nitrogens with one attached hydrogen (secondary N) is 1. The molecule has 0 aliphatic heterocycles. The summed E-state index contributed by atoms with van der Waals surface area (Å²) in [7, 11) is 3.17. The van der Waals surface area contributed by atoms with Crippen LogP contribution in [0.1, 0.15) is 5.56 Å². The van der Waals surface area contributed by atoms with Crippen molar-refractivity contribution < 1.29 is 14.3 Å². The van der Waals surface area contributed by atoms with Crippen molar-refractivity contribution in [1.29, 1.82) is 0 Å². The lowest BCUT2D eigenvalue weighted by molar-refractivity contribution is -0.118. The summed E-state index contributed by atoms with van der Waals surface area (Å²) < 4.78 is 12.3. The molecule has 0 bridgehead atoms. The summed E-state index contributed by atoms with van der Waals surface area (Å²) >= 11 is 1.35. The lowest BCUT2D eigenvalue weighted by Crippen LogP contribution is -2.24. The smallest absolute Gasteiger partial charge is 0.230 e. The quantitative estimate of drug-likeness (QED) is 0.336. The molecular formula is C22H21N5O3S. The molecule has 2 aromatic heterocycles. The van der Waals surface area contributed by atoms with Crippen molar-refractivity contribution in [3.05, 3.63) is 66.6 Å². The molecule has 1 amide bonds. The summed E-state index contributed by atoms with van der Waals surface area (Å²) in [6.07, 6.45) is 3.22. The molecule has 2 heterocycles. The highest BCUT2D eigenvalue weighted by Crippen LogP contribution is 2.28. The van der Waals surface area contributed by atoms with Crippen LogP contribution in [0.2, 0.25) is 0 Å². The van der Waals surface area contributed by atoms with Gasteiger partial charge in [0.25, 0.3) is 0 Å². The van der Waals surface area contributed by atoms with Gasteiger partial charge in [-0.05, 0) is 29.8 Å². The molecular weight excluding hydrogens is 414 g/mol. The topological polar surface area (TPSA) is 91.2 Å². The van der Waals surface area contributed by atoms with E-state index in [2.05, 4.69) is 20.4 Å². The standard InChI is InChI=1S/C22H21N5O3S/c1-29-18-9-8-15(10-19(18)30-2)11-23-20(28)13-31-22-17-12-26-27(21(17)24-14-25-22)16-6-4-3-5-7-16/h3-10,12,14H,11,13H2,1-2H3,(H,23,28). The van der Waals surface area contributed by atoms with E-state index in [9.17, 15) is 4.79 Å². The number of hydrogen-bond acceptors (Lipinski definition) is 7. The lowest BCUT2D eigenvalue weighted by Gasteiger charge is -2.10. The maximum absolute atomic E-state index is 12.4. The first kappa shape index (κ1) is 20.7. The van der Waals surface area contributed by atoms with Crippen molar-refractivity contribution in [2.24, 2.45) is 0 Å². The normalized spacial score (nSPS) is 10.8. The van der Waals surface area contributed by atoms with Crippen molar-refractivity contribution in [2.45, 2.75) is 11.6 Å². The largest absolute Gasteiger partial charge is 0.493 e. The number of ether oxygens (including phenoxy) is 2. The Balaban J connectivity index is 1.40. The third-order valence-corrected chi connectivity index (χ3v) is 5.61. The highest BCUT2D eigenvalue weighted by molar-refractivity contribution is 8.00. The number of carbonyl (C=O) groups excluding carboxylic acids is 1. The predicted molar refractivity (Wildman–Crippen MR) is 119 cm³/mol. The second-order valence-electron chi connectivity index (χ2n) is 6.56. The minimum Gasteiger partial charge on any atom is -0.493 e. The van der Waals surface area contributed by atoms with Crippen molar-refractivity contribution in [1.82, 2.24) is 25.1 Å². The highest BCUT2D eigenvalue weighted by Gasteiger charge is 2.13. The Morgan fingerprint density at radius 1 is 1.06 bits per heavy atom. The molecule has 158 valence electrons. The van der Waals surface area contributed by atoms with Crippen LogP contribution in [0.25, 0.3) is 16.7 Å². The van der Waals surface area contributed by atoms with Crippen LogP contribution < -0.4 is 14.8 Å². The number of rotatable bonds is 8. The molecule has 0 fully saturated rings. The number of benzene rings is 2. The van der Waals surface area contributed by atoms with Crippen molar-refractivity contribution in [3.8, 4) is 17.2 Å². The first-order valence-electron chi connectivity index (χ1n) is 9.54. The zero-order valence-electron chi connectivity index (χ0n) is 17.1. The van der Waals surface area contributed by atoms with E-state index in [4.69, 9.17) is 9.47 Å². The van der Waals surface area contributed by atoms with Gasteiger partial charge in [0.05, 0.1) is 37.2 Å². The average Bonchev–Trinajstić information content (AvgIpc) is 3.26. The molecule has 0 unspecified atom stereocenters. The predicted octanol–water partition coefficient (Wildman–Crippen LogP) is 3.24. The number of carbonyl (C=O) groups is 1. The van der Waals surface area contributed by atoms with E-state index in [1.165, 1.54) is 18.1 Å². The van der Waals surface area contributed by atoms with Gasteiger partial charge in [-0.25, -0.2) is 14.6 Å². The number of amides is 1.